The molecule has 0 spiro atoms. The molecule has 1 aliphatic carbocycles. The SMILES string of the molecule is COc1c(Cl)cccc1Nc1c(-c2ccnc3ccc(OCC(F)(F)F)nc23)[nH]c2c1C(=O)N[C@H]1C[C@@H]21. The number of hydrogen-bond donors (Lipinski definition) is 3. The molecule has 37 heavy (non-hydrogen) atoms. The predicted molar refractivity (Wildman–Crippen MR) is 131 cm³/mol. The number of alkyl halides is 3. The third-order valence-corrected chi connectivity index (χ3v) is 6.67. The molecule has 1 aliphatic heterocycles. The maximum Gasteiger partial charge on any atom is 0.422 e. The average Bonchev–Trinajstić information content (AvgIpc) is 3.54. The second-order valence-electron chi connectivity index (χ2n) is 8.81. The predicted octanol–water partition coefficient (Wildman–Crippen LogP) is 5.57. The lowest BCUT2D eigenvalue weighted by Crippen LogP contribution is -2.31. The van der Waals surface area contributed by atoms with Crippen LogP contribution < -0.4 is 20.1 Å². The number of pyridine rings is 2. The van der Waals surface area contributed by atoms with Gasteiger partial charge >= 0.3 is 6.18 Å². The number of nitrogens with zero attached hydrogens (tertiary/aromatic N) is 2. The third-order valence-electron chi connectivity index (χ3n) is 6.38. The Balaban J connectivity index is 1.52. The first-order valence-electron chi connectivity index (χ1n) is 11.4. The summed E-state index contributed by atoms with van der Waals surface area (Å²) in [5, 5.41) is 6.69. The highest BCUT2D eigenvalue weighted by Gasteiger charge is 2.48. The van der Waals surface area contributed by atoms with Crippen LogP contribution in [0, 0.1) is 0 Å². The molecule has 2 atom stereocenters. The van der Waals surface area contributed by atoms with E-state index in [0.717, 1.165) is 12.1 Å². The van der Waals surface area contributed by atoms with Crippen LogP contribution in [-0.2, 0) is 0 Å². The number of methoxy groups -OCH3 is 1. The fourth-order valence-electron chi connectivity index (χ4n) is 4.67. The van der Waals surface area contributed by atoms with Crippen LogP contribution in [-0.4, -0.2) is 46.8 Å². The maximum absolute atomic E-state index is 13.1. The minimum absolute atomic E-state index is 0.0646. The lowest BCUT2D eigenvalue weighted by Gasteiger charge is -2.17. The van der Waals surface area contributed by atoms with Crippen molar-refractivity contribution < 1.29 is 27.4 Å². The fraction of sp³-hybridized carbons (Fsp3) is 0.240. The zero-order valence-electron chi connectivity index (χ0n) is 19.2. The standard InChI is InChI=1S/C25H19ClF3N5O3/c1-36-23-13(26)3-2-4-15(23)31-22-18-20(12-9-16(12)32-24(18)35)34-21(22)11-7-8-30-14-5-6-17(33-19(11)14)37-10-25(27,28)29/h2-8,12,16,31,34H,9-10H2,1H3,(H,32,35)/t12-,16+/m1/s1. The number of anilines is 2. The smallest absolute Gasteiger partial charge is 0.422 e. The van der Waals surface area contributed by atoms with Crippen LogP contribution >= 0.6 is 11.6 Å². The molecule has 4 heterocycles. The fourth-order valence-corrected chi connectivity index (χ4v) is 4.92. The number of aromatic nitrogens is 3. The molecular formula is C25H19ClF3N5O3. The van der Waals surface area contributed by atoms with Gasteiger partial charge in [0.1, 0.15) is 5.52 Å². The Bertz CT molecular complexity index is 1550. The molecule has 1 saturated carbocycles. The number of para-hydroxylation sites is 1. The molecule has 1 amide bonds. The molecule has 1 fully saturated rings. The number of fused-ring (bicyclic) bond motifs is 4. The van der Waals surface area contributed by atoms with E-state index in [-0.39, 0.29) is 23.7 Å². The van der Waals surface area contributed by atoms with E-state index in [1.54, 1.807) is 30.5 Å². The summed E-state index contributed by atoms with van der Waals surface area (Å²) in [4.78, 5) is 25.1. The molecule has 0 unspecified atom stereocenters. The van der Waals surface area contributed by atoms with Crippen LogP contribution in [0.15, 0.2) is 42.6 Å². The normalized spacial score (nSPS) is 18.1. The Labute approximate surface area is 213 Å². The van der Waals surface area contributed by atoms with Crippen molar-refractivity contribution in [3.8, 4) is 22.9 Å². The van der Waals surface area contributed by atoms with Crippen molar-refractivity contribution in [3.63, 3.8) is 0 Å². The molecule has 190 valence electrons. The summed E-state index contributed by atoms with van der Waals surface area (Å²) < 4.78 is 48.5. The second kappa shape index (κ2) is 8.55. The van der Waals surface area contributed by atoms with Crippen molar-refractivity contribution in [2.75, 3.05) is 19.0 Å². The van der Waals surface area contributed by atoms with Crippen LogP contribution in [0.2, 0.25) is 5.02 Å². The van der Waals surface area contributed by atoms with E-state index >= 15 is 0 Å². The number of ether oxygens (including phenoxy) is 2. The molecule has 3 aromatic heterocycles. The van der Waals surface area contributed by atoms with Gasteiger partial charge in [-0.2, -0.15) is 13.2 Å². The summed E-state index contributed by atoms with van der Waals surface area (Å²) in [7, 11) is 1.49. The van der Waals surface area contributed by atoms with Gasteiger partial charge in [0.15, 0.2) is 12.4 Å². The monoisotopic (exact) mass is 529 g/mol. The van der Waals surface area contributed by atoms with E-state index in [2.05, 4.69) is 25.6 Å². The van der Waals surface area contributed by atoms with Gasteiger partial charge in [-0.05, 0) is 30.7 Å². The highest BCUT2D eigenvalue weighted by molar-refractivity contribution is 6.32. The average molecular weight is 530 g/mol. The highest BCUT2D eigenvalue weighted by Crippen LogP contribution is 2.51. The number of rotatable bonds is 6. The summed E-state index contributed by atoms with van der Waals surface area (Å²) in [6, 6.07) is 9.82. The number of nitrogens with one attached hydrogen (secondary N) is 3. The number of benzene rings is 1. The molecule has 0 bridgehead atoms. The molecular weight excluding hydrogens is 511 g/mol. The van der Waals surface area contributed by atoms with Gasteiger partial charge < -0.3 is 25.1 Å². The van der Waals surface area contributed by atoms with E-state index < -0.39 is 12.8 Å². The number of amides is 1. The van der Waals surface area contributed by atoms with Gasteiger partial charge in [-0.25, -0.2) is 4.98 Å². The number of hydrogen-bond acceptors (Lipinski definition) is 6. The van der Waals surface area contributed by atoms with E-state index in [1.807, 2.05) is 0 Å². The number of carbonyl (C=O) groups excluding carboxylic acids is 1. The van der Waals surface area contributed by atoms with Crippen LogP contribution in [0.4, 0.5) is 24.5 Å². The number of carbonyl (C=O) groups is 1. The van der Waals surface area contributed by atoms with E-state index in [0.29, 0.717) is 50.0 Å². The third kappa shape index (κ3) is 4.18. The molecule has 4 aromatic rings. The Morgan fingerprint density at radius 3 is 2.84 bits per heavy atom. The zero-order valence-corrected chi connectivity index (χ0v) is 20.0. The molecule has 0 saturated heterocycles. The summed E-state index contributed by atoms with van der Waals surface area (Å²) in [5.74, 6) is 0.0998. The number of aromatic amines is 1. The van der Waals surface area contributed by atoms with Crippen molar-refractivity contribution >= 4 is 39.9 Å². The van der Waals surface area contributed by atoms with Crippen molar-refractivity contribution in [1.29, 1.82) is 0 Å². The van der Waals surface area contributed by atoms with Gasteiger partial charge in [-0.1, -0.05) is 17.7 Å². The van der Waals surface area contributed by atoms with Crippen molar-refractivity contribution in [1.82, 2.24) is 20.3 Å². The van der Waals surface area contributed by atoms with Gasteiger partial charge in [0.2, 0.25) is 5.88 Å². The van der Waals surface area contributed by atoms with Crippen LogP contribution in [0.1, 0.15) is 28.4 Å². The lowest BCUT2D eigenvalue weighted by atomic mass is 10.0. The summed E-state index contributed by atoms with van der Waals surface area (Å²) in [6.07, 6.45) is -2.13. The van der Waals surface area contributed by atoms with Gasteiger partial charge in [0, 0.05) is 35.5 Å². The van der Waals surface area contributed by atoms with Gasteiger partial charge in [0.05, 0.1) is 40.3 Å². The number of H-pyrrole nitrogens is 1. The Morgan fingerprint density at radius 2 is 2.05 bits per heavy atom. The summed E-state index contributed by atoms with van der Waals surface area (Å²) >= 11 is 6.32. The molecule has 2 aliphatic rings. The van der Waals surface area contributed by atoms with Crippen molar-refractivity contribution in [3.05, 3.63) is 58.9 Å². The van der Waals surface area contributed by atoms with E-state index in [4.69, 9.17) is 21.1 Å². The first-order valence-corrected chi connectivity index (χ1v) is 11.7. The minimum Gasteiger partial charge on any atom is -0.493 e. The van der Waals surface area contributed by atoms with Crippen molar-refractivity contribution in [2.24, 2.45) is 0 Å². The van der Waals surface area contributed by atoms with Gasteiger partial charge in [-0.3, -0.25) is 9.78 Å². The minimum atomic E-state index is -4.51. The molecule has 6 rings (SSSR count). The highest BCUT2D eigenvalue weighted by atomic mass is 35.5. The van der Waals surface area contributed by atoms with E-state index in [1.165, 1.54) is 19.2 Å². The first kappa shape index (κ1) is 23.4. The van der Waals surface area contributed by atoms with Crippen molar-refractivity contribution in [2.45, 2.75) is 24.6 Å². The zero-order chi connectivity index (χ0) is 25.9. The topological polar surface area (TPSA) is 101 Å². The Hall–Kier alpha value is -3.99. The van der Waals surface area contributed by atoms with Crippen LogP contribution in [0.3, 0.4) is 0 Å². The molecule has 0 radical (unpaired) electrons. The summed E-state index contributed by atoms with van der Waals surface area (Å²) in [6.45, 7) is -1.47. The van der Waals surface area contributed by atoms with E-state index in [9.17, 15) is 18.0 Å². The van der Waals surface area contributed by atoms with Gasteiger partial charge in [0.25, 0.3) is 5.91 Å². The quantitative estimate of drug-likeness (QED) is 0.302. The maximum atomic E-state index is 13.1. The van der Waals surface area contributed by atoms with Crippen LogP contribution in [0.5, 0.6) is 11.6 Å². The molecule has 8 nitrogen and oxygen atoms in total. The Morgan fingerprint density at radius 1 is 1.22 bits per heavy atom. The van der Waals surface area contributed by atoms with Crippen LogP contribution in [0.25, 0.3) is 22.3 Å². The second-order valence-corrected chi connectivity index (χ2v) is 9.22. The molecule has 3 N–H and O–H groups in total. The summed E-state index contributed by atoms with van der Waals surface area (Å²) in [5.41, 5.74) is 4.05. The molecule has 12 heteroatoms. The number of halogens is 4. The Kier molecular flexibility index (Phi) is 5.41. The lowest BCUT2D eigenvalue weighted by molar-refractivity contribution is -0.154. The first-order chi connectivity index (χ1) is 17.7. The largest absolute Gasteiger partial charge is 0.493 e. The van der Waals surface area contributed by atoms with Gasteiger partial charge in [-0.15, -0.1) is 0 Å². The molecule has 1 aromatic carbocycles.